The number of hydrogen-bond donors (Lipinski definition) is 2. The number of carbonyl (C=O) groups is 2. The quantitative estimate of drug-likeness (QED) is 0.345. The van der Waals surface area contributed by atoms with E-state index in [2.05, 4.69) is 37.5 Å². The summed E-state index contributed by atoms with van der Waals surface area (Å²) in [7, 11) is 0. The van der Waals surface area contributed by atoms with Gasteiger partial charge in [0.25, 0.3) is 0 Å². The number of ketones is 1. The number of benzene rings is 2. The Morgan fingerprint density at radius 1 is 1.24 bits per heavy atom. The largest absolute Gasteiger partial charge is 0.384 e. The summed E-state index contributed by atoms with van der Waals surface area (Å²) in [5.41, 5.74) is 10.9. The van der Waals surface area contributed by atoms with E-state index in [0.717, 1.165) is 21.3 Å². The van der Waals surface area contributed by atoms with Crippen LogP contribution in [0.25, 0.3) is 0 Å². The third-order valence-corrected chi connectivity index (χ3v) is 9.21. The number of Topliss-reactive ketones (excluding diaryl/α,β-unsaturated/α-hetero) is 1. The molecule has 8 nitrogen and oxygen atoms in total. The Bertz CT molecular complexity index is 1540. The number of aromatic nitrogens is 2. The molecule has 2 aromatic carbocycles. The molecular weight excluding hydrogens is 584 g/mol. The standard InChI is InChI=1S/C27H23BrN6O2S2/c1-15-7-2-3-8-16(15)23-17(13-29)25(30)34(20-11-6-12-21(35)24(20)23)26-32-33-27(38-26)37-14-22(36)31-19-10-5-4-9-18(19)28/h2-5,7-10,23H,6,11-12,14,30H2,1H3,(H,31,36). The zero-order valence-corrected chi connectivity index (χ0v) is 23.6. The molecule has 3 aromatic rings. The zero-order chi connectivity index (χ0) is 26.8. The number of rotatable bonds is 6. The summed E-state index contributed by atoms with van der Waals surface area (Å²) >= 11 is 5.96. The molecule has 1 aliphatic carbocycles. The van der Waals surface area contributed by atoms with Gasteiger partial charge >= 0.3 is 0 Å². The molecule has 1 unspecified atom stereocenters. The lowest BCUT2D eigenvalue weighted by Crippen LogP contribution is -2.38. The van der Waals surface area contributed by atoms with Gasteiger partial charge in [-0.2, -0.15) is 5.26 Å². The summed E-state index contributed by atoms with van der Waals surface area (Å²) in [5, 5.41) is 22.1. The number of nitrogens with one attached hydrogen (secondary N) is 1. The van der Waals surface area contributed by atoms with E-state index in [1.165, 1.54) is 23.1 Å². The van der Waals surface area contributed by atoms with E-state index in [0.29, 0.717) is 45.6 Å². The number of para-hydroxylation sites is 1. The lowest BCUT2D eigenvalue weighted by atomic mass is 9.75. The highest BCUT2D eigenvalue weighted by Crippen LogP contribution is 2.47. The minimum atomic E-state index is -0.511. The van der Waals surface area contributed by atoms with Gasteiger partial charge in [0.1, 0.15) is 5.82 Å². The van der Waals surface area contributed by atoms with Crippen LogP contribution in [0.2, 0.25) is 0 Å². The second kappa shape index (κ2) is 11.1. The molecule has 192 valence electrons. The number of anilines is 2. The number of nitriles is 1. The molecule has 0 saturated heterocycles. The minimum Gasteiger partial charge on any atom is -0.384 e. The third-order valence-electron chi connectivity index (χ3n) is 6.47. The first kappa shape index (κ1) is 26.2. The molecule has 11 heteroatoms. The van der Waals surface area contributed by atoms with Gasteiger partial charge < -0.3 is 11.1 Å². The van der Waals surface area contributed by atoms with Gasteiger partial charge in [-0.25, -0.2) is 0 Å². The number of carbonyl (C=O) groups excluding carboxylic acids is 2. The van der Waals surface area contributed by atoms with Gasteiger partial charge in [-0.05, 0) is 59.0 Å². The van der Waals surface area contributed by atoms with E-state index in [1.54, 1.807) is 4.90 Å². The second-order valence-corrected chi connectivity index (χ2v) is 11.9. The Morgan fingerprint density at radius 3 is 2.76 bits per heavy atom. The molecule has 2 aliphatic rings. The second-order valence-electron chi connectivity index (χ2n) is 8.84. The van der Waals surface area contributed by atoms with Crippen LogP contribution in [-0.2, 0) is 9.59 Å². The van der Waals surface area contributed by atoms with Crippen molar-refractivity contribution in [3.05, 3.63) is 86.8 Å². The lowest BCUT2D eigenvalue weighted by Gasteiger charge is -2.38. The van der Waals surface area contributed by atoms with Gasteiger partial charge in [0, 0.05) is 22.2 Å². The fourth-order valence-corrected chi connectivity index (χ4v) is 6.82. The topological polar surface area (TPSA) is 125 Å². The lowest BCUT2D eigenvalue weighted by molar-refractivity contribution is -0.116. The first-order valence-electron chi connectivity index (χ1n) is 11.9. The van der Waals surface area contributed by atoms with Crippen LogP contribution in [0.1, 0.15) is 36.3 Å². The van der Waals surface area contributed by atoms with Crippen molar-refractivity contribution in [2.24, 2.45) is 5.73 Å². The third kappa shape index (κ3) is 4.99. The molecule has 0 fully saturated rings. The number of hydrogen-bond acceptors (Lipinski definition) is 9. The first-order chi connectivity index (χ1) is 18.4. The minimum absolute atomic E-state index is 0.0209. The summed E-state index contributed by atoms with van der Waals surface area (Å²) in [5.74, 6) is -0.261. The number of thioether (sulfide) groups is 1. The maximum atomic E-state index is 13.3. The molecule has 0 bridgehead atoms. The van der Waals surface area contributed by atoms with Crippen LogP contribution in [0, 0.1) is 18.3 Å². The number of nitrogens with zero attached hydrogens (tertiary/aromatic N) is 4. The number of allylic oxidation sites excluding steroid dienone is 3. The molecule has 0 radical (unpaired) electrons. The van der Waals surface area contributed by atoms with Crippen molar-refractivity contribution in [1.82, 2.24) is 10.2 Å². The molecule has 0 saturated carbocycles. The van der Waals surface area contributed by atoms with Crippen LogP contribution in [0.4, 0.5) is 10.8 Å². The molecule has 1 atom stereocenters. The fourth-order valence-electron chi connectivity index (χ4n) is 4.75. The molecule has 5 rings (SSSR count). The Hall–Kier alpha value is -3.46. The van der Waals surface area contributed by atoms with E-state index in [9.17, 15) is 14.9 Å². The Balaban J connectivity index is 1.44. The van der Waals surface area contributed by atoms with Gasteiger partial charge in [-0.3, -0.25) is 14.5 Å². The molecule has 1 aromatic heterocycles. The predicted molar refractivity (Wildman–Crippen MR) is 153 cm³/mol. The van der Waals surface area contributed by atoms with Crippen LogP contribution in [0.15, 0.2) is 80.0 Å². The van der Waals surface area contributed by atoms with Crippen LogP contribution >= 0.6 is 39.0 Å². The van der Waals surface area contributed by atoms with Crippen LogP contribution in [0.3, 0.4) is 0 Å². The highest BCUT2D eigenvalue weighted by atomic mass is 79.9. The maximum absolute atomic E-state index is 13.3. The smallest absolute Gasteiger partial charge is 0.234 e. The number of aryl methyl sites for hydroxylation is 1. The number of halogens is 1. The van der Waals surface area contributed by atoms with Crippen molar-refractivity contribution in [3.8, 4) is 6.07 Å². The molecule has 1 aliphatic heterocycles. The fraction of sp³-hybridized carbons (Fsp3) is 0.222. The molecule has 2 heterocycles. The maximum Gasteiger partial charge on any atom is 0.234 e. The van der Waals surface area contributed by atoms with Gasteiger partial charge in [-0.15, -0.1) is 10.2 Å². The van der Waals surface area contributed by atoms with Gasteiger partial charge in [0.2, 0.25) is 11.0 Å². The molecule has 38 heavy (non-hydrogen) atoms. The van der Waals surface area contributed by atoms with Crippen LogP contribution < -0.4 is 16.0 Å². The normalized spacial score (nSPS) is 17.3. The van der Waals surface area contributed by atoms with E-state index in [1.807, 2.05) is 55.5 Å². The first-order valence-corrected chi connectivity index (χ1v) is 14.5. The van der Waals surface area contributed by atoms with E-state index in [-0.39, 0.29) is 23.3 Å². The van der Waals surface area contributed by atoms with Crippen LogP contribution in [0.5, 0.6) is 0 Å². The number of amides is 1. The van der Waals surface area contributed by atoms with E-state index < -0.39 is 5.92 Å². The Labute approximate surface area is 236 Å². The molecule has 3 N–H and O–H groups in total. The summed E-state index contributed by atoms with van der Waals surface area (Å²) in [4.78, 5) is 27.5. The van der Waals surface area contributed by atoms with Crippen molar-refractivity contribution in [2.45, 2.75) is 36.4 Å². The van der Waals surface area contributed by atoms with Crippen molar-refractivity contribution >= 4 is 61.5 Å². The zero-order valence-electron chi connectivity index (χ0n) is 20.4. The van der Waals surface area contributed by atoms with Crippen molar-refractivity contribution in [2.75, 3.05) is 16.0 Å². The number of nitrogens with two attached hydrogens (primary N) is 1. The van der Waals surface area contributed by atoms with E-state index >= 15 is 0 Å². The summed E-state index contributed by atoms with van der Waals surface area (Å²) < 4.78 is 1.38. The average molecular weight is 608 g/mol. The predicted octanol–water partition coefficient (Wildman–Crippen LogP) is 5.64. The molecule has 1 amide bonds. The highest BCUT2D eigenvalue weighted by Gasteiger charge is 2.41. The van der Waals surface area contributed by atoms with E-state index in [4.69, 9.17) is 5.73 Å². The van der Waals surface area contributed by atoms with Gasteiger partial charge in [0.05, 0.1) is 29.0 Å². The summed E-state index contributed by atoms with van der Waals surface area (Å²) in [6.45, 7) is 1.97. The summed E-state index contributed by atoms with van der Waals surface area (Å²) in [6.07, 6.45) is 1.76. The van der Waals surface area contributed by atoms with Crippen molar-refractivity contribution in [1.29, 1.82) is 5.26 Å². The molecule has 0 spiro atoms. The average Bonchev–Trinajstić information content (AvgIpc) is 3.37. The SMILES string of the molecule is Cc1ccccc1C1C(C#N)=C(N)N(c2nnc(SCC(=O)Nc3ccccc3Br)s2)C2=C1C(=O)CCC2. The Morgan fingerprint density at radius 2 is 2.00 bits per heavy atom. The highest BCUT2D eigenvalue weighted by molar-refractivity contribution is 9.10. The monoisotopic (exact) mass is 606 g/mol. The summed E-state index contributed by atoms with van der Waals surface area (Å²) in [6, 6.07) is 17.4. The van der Waals surface area contributed by atoms with Gasteiger partial charge in [-0.1, -0.05) is 59.5 Å². The van der Waals surface area contributed by atoms with Crippen LogP contribution in [-0.4, -0.2) is 27.6 Å². The Kier molecular flexibility index (Phi) is 7.65. The van der Waals surface area contributed by atoms with Gasteiger partial charge in [0.15, 0.2) is 10.1 Å². The van der Waals surface area contributed by atoms with Crippen molar-refractivity contribution in [3.63, 3.8) is 0 Å². The molecular formula is C27H23BrN6O2S2. The van der Waals surface area contributed by atoms with Crippen molar-refractivity contribution < 1.29 is 9.59 Å².